The standard InChI is InChI=1S/C36H50Si4/c1-37(2,33-19-11-7-12-20-33)27-30-40(36-25-17-10-18-26-36,31-28-38(3,4)34-21-13-8-14-22-34)32-29-39(5,6)35-23-15-9-16-24-35/h7-26H,27-32H2,1-6H3. The maximum Gasteiger partial charge on any atom is 0.0859 e. The van der Waals surface area contributed by atoms with Crippen LogP contribution in [-0.2, 0) is 0 Å². The second-order valence-corrected chi connectivity index (χ2v) is 33.1. The van der Waals surface area contributed by atoms with Gasteiger partial charge in [0.1, 0.15) is 0 Å². The van der Waals surface area contributed by atoms with Crippen LogP contribution in [-0.4, -0.2) is 32.3 Å². The van der Waals surface area contributed by atoms with Crippen LogP contribution in [0.2, 0.25) is 75.5 Å². The summed E-state index contributed by atoms with van der Waals surface area (Å²) >= 11 is 0. The van der Waals surface area contributed by atoms with E-state index in [0.717, 1.165) is 0 Å². The number of rotatable bonds is 13. The van der Waals surface area contributed by atoms with Gasteiger partial charge in [-0.25, -0.2) is 0 Å². The fourth-order valence-corrected chi connectivity index (χ4v) is 26.3. The normalized spacial score (nSPS) is 12.8. The monoisotopic (exact) mass is 594 g/mol. The molecule has 0 atom stereocenters. The number of benzene rings is 4. The molecular weight excluding hydrogens is 545 g/mol. The van der Waals surface area contributed by atoms with Gasteiger partial charge < -0.3 is 0 Å². The summed E-state index contributed by atoms with van der Waals surface area (Å²) in [4.78, 5) is 0. The van der Waals surface area contributed by atoms with E-state index in [-0.39, 0.29) is 0 Å². The van der Waals surface area contributed by atoms with Gasteiger partial charge in [0.05, 0.1) is 32.3 Å². The van der Waals surface area contributed by atoms with Crippen molar-refractivity contribution in [3.8, 4) is 0 Å². The van der Waals surface area contributed by atoms with Crippen LogP contribution in [0.15, 0.2) is 121 Å². The molecule has 0 spiro atoms. The van der Waals surface area contributed by atoms with E-state index in [0.29, 0.717) is 0 Å². The molecular formula is C36H50Si4. The SMILES string of the molecule is C[Si](C)(CC[Si](CC[Si](C)(C)c1ccccc1)(CC[Si](C)(C)c1ccccc1)c1ccccc1)c1ccccc1. The average molecular weight is 595 g/mol. The Morgan fingerprint density at radius 3 is 0.775 bits per heavy atom. The summed E-state index contributed by atoms with van der Waals surface area (Å²) in [6, 6.07) is 54.7. The van der Waals surface area contributed by atoms with Gasteiger partial charge in [-0.1, -0.05) is 218 Å². The summed E-state index contributed by atoms with van der Waals surface area (Å²) < 4.78 is 0. The Bertz CT molecular complexity index is 1170. The van der Waals surface area contributed by atoms with Gasteiger partial charge in [0.15, 0.2) is 0 Å². The van der Waals surface area contributed by atoms with Crippen molar-refractivity contribution in [2.24, 2.45) is 0 Å². The number of hydrogen-bond acceptors (Lipinski definition) is 0. The van der Waals surface area contributed by atoms with E-state index < -0.39 is 32.3 Å². The Balaban J connectivity index is 1.70. The second kappa shape index (κ2) is 13.2. The summed E-state index contributed by atoms with van der Waals surface area (Å²) in [6.07, 6.45) is 0. The topological polar surface area (TPSA) is 0 Å². The molecule has 0 aliphatic heterocycles. The molecule has 40 heavy (non-hydrogen) atoms. The molecule has 0 radical (unpaired) electrons. The van der Waals surface area contributed by atoms with Crippen molar-refractivity contribution in [1.82, 2.24) is 0 Å². The van der Waals surface area contributed by atoms with E-state index in [4.69, 9.17) is 0 Å². The molecule has 0 aromatic heterocycles. The summed E-state index contributed by atoms with van der Waals surface area (Å²) in [5.41, 5.74) is 0. The molecule has 0 amide bonds. The zero-order chi connectivity index (χ0) is 28.7. The molecule has 0 saturated carbocycles. The molecule has 4 rings (SSSR count). The van der Waals surface area contributed by atoms with Gasteiger partial charge in [-0.15, -0.1) is 0 Å². The molecule has 4 aromatic rings. The molecule has 0 nitrogen and oxygen atoms in total. The lowest BCUT2D eigenvalue weighted by Gasteiger charge is -2.39. The molecule has 4 aromatic carbocycles. The minimum Gasteiger partial charge on any atom is -0.0654 e. The quantitative estimate of drug-likeness (QED) is 0.137. The fourth-order valence-electron chi connectivity index (χ4n) is 6.36. The summed E-state index contributed by atoms with van der Waals surface area (Å²) in [5.74, 6) is 0. The lowest BCUT2D eigenvalue weighted by Crippen LogP contribution is -2.54. The molecule has 0 aliphatic carbocycles. The molecule has 0 bridgehead atoms. The van der Waals surface area contributed by atoms with Crippen LogP contribution in [0.4, 0.5) is 0 Å². The zero-order valence-corrected chi connectivity index (χ0v) is 29.8. The molecule has 0 unspecified atom stereocenters. The van der Waals surface area contributed by atoms with E-state index in [1.807, 2.05) is 0 Å². The van der Waals surface area contributed by atoms with Crippen LogP contribution in [0.5, 0.6) is 0 Å². The van der Waals surface area contributed by atoms with Gasteiger partial charge in [-0.3, -0.25) is 0 Å². The molecule has 0 heterocycles. The first-order chi connectivity index (χ1) is 19.0. The van der Waals surface area contributed by atoms with Gasteiger partial charge in [0.2, 0.25) is 0 Å². The lowest BCUT2D eigenvalue weighted by molar-refractivity contribution is 1.14. The van der Waals surface area contributed by atoms with Gasteiger partial charge in [0.25, 0.3) is 0 Å². The summed E-state index contributed by atoms with van der Waals surface area (Å²) in [7, 11) is -6.42. The Morgan fingerprint density at radius 1 is 0.300 bits per heavy atom. The Hall–Kier alpha value is -2.25. The molecule has 0 N–H and O–H groups in total. The molecule has 0 saturated heterocycles. The smallest absolute Gasteiger partial charge is 0.0654 e. The van der Waals surface area contributed by atoms with Crippen molar-refractivity contribution in [2.75, 3.05) is 0 Å². The minimum atomic E-state index is -1.80. The fraction of sp³-hybridized carbons (Fsp3) is 0.333. The highest BCUT2D eigenvalue weighted by atomic mass is 28.3. The van der Waals surface area contributed by atoms with E-state index in [1.54, 1.807) is 20.7 Å². The second-order valence-electron chi connectivity index (χ2n) is 13.9. The highest BCUT2D eigenvalue weighted by Gasteiger charge is 2.41. The van der Waals surface area contributed by atoms with Crippen LogP contribution >= 0.6 is 0 Å². The first-order valence-corrected chi connectivity index (χ1v) is 27.5. The van der Waals surface area contributed by atoms with Crippen molar-refractivity contribution < 1.29 is 0 Å². The van der Waals surface area contributed by atoms with Crippen LogP contribution in [0, 0.1) is 0 Å². The maximum atomic E-state index is 2.61. The molecule has 4 heteroatoms. The van der Waals surface area contributed by atoms with Crippen molar-refractivity contribution in [1.29, 1.82) is 0 Å². The first-order valence-electron chi connectivity index (χ1n) is 15.3. The van der Waals surface area contributed by atoms with Gasteiger partial charge in [-0.2, -0.15) is 0 Å². The van der Waals surface area contributed by atoms with Crippen molar-refractivity contribution in [2.45, 2.75) is 75.5 Å². The van der Waals surface area contributed by atoms with E-state index in [9.17, 15) is 0 Å². The Labute approximate surface area is 249 Å². The third-order valence-corrected chi connectivity index (χ3v) is 26.6. The zero-order valence-electron chi connectivity index (χ0n) is 25.8. The molecule has 0 fully saturated rings. The molecule has 210 valence electrons. The maximum absolute atomic E-state index is 2.61. The van der Waals surface area contributed by atoms with Crippen LogP contribution in [0.3, 0.4) is 0 Å². The lowest BCUT2D eigenvalue weighted by atomic mass is 10.4. The summed E-state index contributed by atoms with van der Waals surface area (Å²) in [6.45, 7) is 15.7. The van der Waals surface area contributed by atoms with E-state index in [1.165, 1.54) is 36.3 Å². The van der Waals surface area contributed by atoms with Gasteiger partial charge >= 0.3 is 0 Å². The minimum absolute atomic E-state index is 1.39. The summed E-state index contributed by atoms with van der Waals surface area (Å²) in [5, 5.41) is 6.56. The number of hydrogen-bond donors (Lipinski definition) is 0. The van der Waals surface area contributed by atoms with Crippen molar-refractivity contribution in [3.63, 3.8) is 0 Å². The molecule has 0 aliphatic rings. The van der Waals surface area contributed by atoms with Crippen molar-refractivity contribution >= 4 is 53.0 Å². The largest absolute Gasteiger partial charge is 0.0859 e. The van der Waals surface area contributed by atoms with E-state index >= 15 is 0 Å². The predicted octanol–water partition coefficient (Wildman–Crippen LogP) is 8.19. The average Bonchev–Trinajstić information content (AvgIpc) is 2.99. The highest BCUT2D eigenvalue weighted by molar-refractivity contribution is 6.99. The van der Waals surface area contributed by atoms with Crippen molar-refractivity contribution in [3.05, 3.63) is 121 Å². The third-order valence-electron chi connectivity index (χ3n) is 9.74. The first kappa shape index (κ1) is 30.7. The van der Waals surface area contributed by atoms with E-state index in [2.05, 4.69) is 161 Å². The Kier molecular flexibility index (Phi) is 10.1. The van der Waals surface area contributed by atoms with Crippen LogP contribution in [0.25, 0.3) is 0 Å². The van der Waals surface area contributed by atoms with Gasteiger partial charge in [0, 0.05) is 0 Å². The third kappa shape index (κ3) is 7.73. The van der Waals surface area contributed by atoms with Crippen LogP contribution < -0.4 is 20.7 Å². The predicted molar refractivity (Wildman–Crippen MR) is 191 cm³/mol. The van der Waals surface area contributed by atoms with Crippen LogP contribution in [0.1, 0.15) is 0 Å². The van der Waals surface area contributed by atoms with Gasteiger partial charge in [-0.05, 0) is 0 Å². The highest BCUT2D eigenvalue weighted by Crippen LogP contribution is 2.34. The Morgan fingerprint density at radius 2 is 0.525 bits per heavy atom.